The minimum absolute atomic E-state index is 0.105. The fourth-order valence-electron chi connectivity index (χ4n) is 2.22. The summed E-state index contributed by atoms with van der Waals surface area (Å²) in [5.41, 5.74) is 7.14. The van der Waals surface area contributed by atoms with Crippen molar-refractivity contribution in [2.45, 2.75) is 19.9 Å². The van der Waals surface area contributed by atoms with Crippen LogP contribution in [0.15, 0.2) is 30.6 Å². The maximum atomic E-state index is 14.3. The van der Waals surface area contributed by atoms with Gasteiger partial charge in [-0.05, 0) is 32.0 Å². The highest BCUT2D eigenvalue weighted by Gasteiger charge is 2.16. The molecule has 0 saturated heterocycles. The number of aryl methyl sites for hydroxylation is 1. The van der Waals surface area contributed by atoms with Crippen molar-refractivity contribution in [3.63, 3.8) is 0 Å². The lowest BCUT2D eigenvalue weighted by Gasteiger charge is -2.16. The van der Waals surface area contributed by atoms with E-state index in [-0.39, 0.29) is 6.04 Å². The van der Waals surface area contributed by atoms with E-state index in [1.54, 1.807) is 23.6 Å². The number of rotatable bonds is 3. The van der Waals surface area contributed by atoms with Gasteiger partial charge in [0.25, 0.3) is 0 Å². The van der Waals surface area contributed by atoms with E-state index in [2.05, 4.69) is 15.3 Å². The highest BCUT2D eigenvalue weighted by atomic mass is 32.1. The number of nitrogens with one attached hydrogen (secondary N) is 1. The first-order chi connectivity index (χ1) is 10.1. The van der Waals surface area contributed by atoms with Crippen LogP contribution in [0.25, 0.3) is 10.9 Å². The molecule has 0 amide bonds. The summed E-state index contributed by atoms with van der Waals surface area (Å²) in [6.45, 7) is 3.94. The Morgan fingerprint density at radius 1 is 1.38 bits per heavy atom. The Kier molecular flexibility index (Phi) is 3.47. The van der Waals surface area contributed by atoms with Gasteiger partial charge in [0.2, 0.25) is 0 Å². The van der Waals surface area contributed by atoms with Crippen LogP contribution in [0.5, 0.6) is 0 Å². The van der Waals surface area contributed by atoms with E-state index in [0.717, 1.165) is 15.3 Å². The van der Waals surface area contributed by atoms with Gasteiger partial charge >= 0.3 is 0 Å². The molecule has 2 aromatic heterocycles. The molecule has 3 N–H and O–H groups in total. The first kappa shape index (κ1) is 13.8. The van der Waals surface area contributed by atoms with E-state index in [9.17, 15) is 4.39 Å². The van der Waals surface area contributed by atoms with Gasteiger partial charge in [0.05, 0.1) is 17.2 Å². The van der Waals surface area contributed by atoms with E-state index < -0.39 is 5.82 Å². The lowest BCUT2D eigenvalue weighted by atomic mass is 10.1. The van der Waals surface area contributed by atoms with Crippen molar-refractivity contribution in [1.29, 1.82) is 0 Å². The smallest absolute Gasteiger partial charge is 0.150 e. The van der Waals surface area contributed by atoms with Crippen molar-refractivity contribution in [2.75, 3.05) is 11.1 Å². The standard InChI is InChI=1S/C15H15FN4S/c1-8-7-19-15(21-8)9(2)20-14-11(16)6-12(17)10-4-3-5-18-13(10)14/h3-7,9,20H,17H2,1-2H3. The third kappa shape index (κ3) is 2.54. The van der Waals surface area contributed by atoms with Crippen LogP contribution in [-0.4, -0.2) is 9.97 Å². The van der Waals surface area contributed by atoms with Crippen LogP contribution < -0.4 is 11.1 Å². The summed E-state index contributed by atoms with van der Waals surface area (Å²) >= 11 is 1.59. The van der Waals surface area contributed by atoms with Crippen LogP contribution in [0.2, 0.25) is 0 Å². The predicted octanol–water partition coefficient (Wildman–Crippen LogP) is 3.89. The molecule has 0 bridgehead atoms. The minimum atomic E-state index is -0.404. The number of benzene rings is 1. The predicted molar refractivity (Wildman–Crippen MR) is 85.0 cm³/mol. The molecule has 0 radical (unpaired) electrons. The number of thiazole rings is 1. The molecule has 2 heterocycles. The zero-order valence-electron chi connectivity index (χ0n) is 11.7. The zero-order valence-corrected chi connectivity index (χ0v) is 12.5. The normalized spacial score (nSPS) is 12.5. The molecular formula is C15H15FN4S. The van der Waals surface area contributed by atoms with Crippen LogP contribution in [0.1, 0.15) is 22.9 Å². The third-order valence-corrected chi connectivity index (χ3v) is 4.34. The van der Waals surface area contributed by atoms with Crippen LogP contribution >= 0.6 is 11.3 Å². The molecule has 0 spiro atoms. The van der Waals surface area contributed by atoms with Crippen molar-refractivity contribution in [1.82, 2.24) is 9.97 Å². The van der Waals surface area contributed by atoms with Crippen molar-refractivity contribution in [2.24, 2.45) is 0 Å². The van der Waals surface area contributed by atoms with Crippen molar-refractivity contribution < 1.29 is 4.39 Å². The van der Waals surface area contributed by atoms with Crippen LogP contribution in [0.3, 0.4) is 0 Å². The Hall–Kier alpha value is -2.21. The molecule has 0 fully saturated rings. The molecule has 0 saturated carbocycles. The van der Waals surface area contributed by atoms with Gasteiger partial charge in [-0.15, -0.1) is 11.3 Å². The van der Waals surface area contributed by atoms with Crippen LogP contribution in [0.4, 0.5) is 15.8 Å². The van der Waals surface area contributed by atoms with Crippen LogP contribution in [0, 0.1) is 12.7 Å². The fourth-order valence-corrected chi connectivity index (χ4v) is 3.00. The maximum Gasteiger partial charge on any atom is 0.150 e. The Morgan fingerprint density at radius 3 is 2.90 bits per heavy atom. The SMILES string of the molecule is Cc1cnc(C(C)Nc2c(F)cc(N)c3cccnc23)s1. The number of halogens is 1. The monoisotopic (exact) mass is 302 g/mol. The molecule has 21 heavy (non-hydrogen) atoms. The fraction of sp³-hybridized carbons (Fsp3) is 0.200. The highest BCUT2D eigenvalue weighted by Crippen LogP contribution is 2.32. The van der Waals surface area contributed by atoms with E-state index >= 15 is 0 Å². The van der Waals surface area contributed by atoms with E-state index in [1.807, 2.05) is 26.1 Å². The highest BCUT2D eigenvalue weighted by molar-refractivity contribution is 7.11. The second-order valence-electron chi connectivity index (χ2n) is 4.90. The lowest BCUT2D eigenvalue weighted by molar-refractivity contribution is 0.629. The summed E-state index contributed by atoms with van der Waals surface area (Å²) in [6.07, 6.45) is 3.44. The summed E-state index contributed by atoms with van der Waals surface area (Å²) in [7, 11) is 0. The van der Waals surface area contributed by atoms with Gasteiger partial charge in [0.15, 0.2) is 5.82 Å². The van der Waals surface area contributed by atoms with E-state index in [0.29, 0.717) is 16.9 Å². The van der Waals surface area contributed by atoms with Crippen molar-refractivity contribution in [3.8, 4) is 0 Å². The van der Waals surface area contributed by atoms with Crippen LogP contribution in [-0.2, 0) is 0 Å². The van der Waals surface area contributed by atoms with Gasteiger partial charge in [-0.1, -0.05) is 0 Å². The Labute approximate surface area is 125 Å². The second kappa shape index (κ2) is 5.29. The number of anilines is 2. The van der Waals surface area contributed by atoms with Gasteiger partial charge in [0, 0.05) is 28.3 Å². The number of aromatic nitrogens is 2. The second-order valence-corrected chi connectivity index (χ2v) is 6.16. The molecule has 4 nitrogen and oxygen atoms in total. The molecule has 0 aliphatic rings. The Morgan fingerprint density at radius 2 is 2.19 bits per heavy atom. The molecule has 1 aromatic carbocycles. The van der Waals surface area contributed by atoms with Gasteiger partial charge < -0.3 is 11.1 Å². The maximum absolute atomic E-state index is 14.3. The molecule has 6 heteroatoms. The number of nitrogens with zero attached hydrogens (tertiary/aromatic N) is 2. The number of fused-ring (bicyclic) bond motifs is 1. The Bertz CT molecular complexity index is 799. The van der Waals surface area contributed by atoms with Gasteiger partial charge in [-0.25, -0.2) is 9.37 Å². The molecular weight excluding hydrogens is 287 g/mol. The average molecular weight is 302 g/mol. The molecule has 0 aliphatic heterocycles. The summed E-state index contributed by atoms with van der Waals surface area (Å²) in [5.74, 6) is -0.404. The first-order valence-electron chi connectivity index (χ1n) is 6.58. The number of pyridine rings is 1. The summed E-state index contributed by atoms with van der Waals surface area (Å²) in [5, 5.41) is 4.81. The largest absolute Gasteiger partial charge is 0.398 e. The molecule has 1 unspecified atom stereocenters. The van der Waals surface area contributed by atoms with E-state index in [4.69, 9.17) is 5.73 Å². The average Bonchev–Trinajstić information content (AvgIpc) is 2.90. The lowest BCUT2D eigenvalue weighted by Crippen LogP contribution is -2.09. The van der Waals surface area contributed by atoms with Gasteiger partial charge in [0.1, 0.15) is 5.01 Å². The molecule has 108 valence electrons. The number of nitrogen functional groups attached to an aromatic ring is 1. The quantitative estimate of drug-likeness (QED) is 0.720. The Balaban J connectivity index is 2.04. The van der Waals surface area contributed by atoms with E-state index in [1.165, 1.54) is 6.07 Å². The molecule has 3 aromatic rings. The third-order valence-electron chi connectivity index (χ3n) is 3.25. The summed E-state index contributed by atoms with van der Waals surface area (Å²) in [4.78, 5) is 9.71. The first-order valence-corrected chi connectivity index (χ1v) is 7.39. The van der Waals surface area contributed by atoms with Gasteiger partial charge in [-0.3, -0.25) is 4.98 Å². The molecule has 1 atom stereocenters. The number of nitrogens with two attached hydrogens (primary N) is 1. The summed E-state index contributed by atoms with van der Waals surface area (Å²) in [6, 6.07) is 4.84. The topological polar surface area (TPSA) is 63.8 Å². The van der Waals surface area contributed by atoms with Crippen molar-refractivity contribution in [3.05, 3.63) is 46.3 Å². The summed E-state index contributed by atoms with van der Waals surface area (Å²) < 4.78 is 14.3. The zero-order chi connectivity index (χ0) is 15.0. The number of hydrogen-bond donors (Lipinski definition) is 2. The molecule has 3 rings (SSSR count). The minimum Gasteiger partial charge on any atom is -0.398 e. The number of hydrogen-bond acceptors (Lipinski definition) is 5. The van der Waals surface area contributed by atoms with Crippen molar-refractivity contribution >= 4 is 33.6 Å². The molecule has 0 aliphatic carbocycles. The van der Waals surface area contributed by atoms with Gasteiger partial charge in [-0.2, -0.15) is 0 Å².